The van der Waals surface area contributed by atoms with E-state index in [2.05, 4.69) is 29.4 Å². The van der Waals surface area contributed by atoms with E-state index in [-0.39, 0.29) is 17.4 Å². The molecule has 0 aliphatic carbocycles. The lowest BCUT2D eigenvalue weighted by Crippen LogP contribution is -2.40. The average Bonchev–Trinajstić information content (AvgIpc) is 2.93. The summed E-state index contributed by atoms with van der Waals surface area (Å²) in [6.45, 7) is 5.91. The molecule has 0 radical (unpaired) electrons. The molecule has 5 heteroatoms. The molecule has 2 N–H and O–H groups in total. The molecule has 3 heterocycles. The van der Waals surface area contributed by atoms with E-state index in [1.54, 1.807) is 6.20 Å². The molecular formula is C13H20N4O. The van der Waals surface area contributed by atoms with Crippen molar-refractivity contribution in [3.05, 3.63) is 11.9 Å². The zero-order valence-electron chi connectivity index (χ0n) is 11.0. The third-order valence-corrected chi connectivity index (χ3v) is 3.99. The van der Waals surface area contributed by atoms with Crippen molar-refractivity contribution in [1.82, 2.24) is 15.5 Å². The van der Waals surface area contributed by atoms with Gasteiger partial charge in [-0.3, -0.25) is 9.89 Å². The lowest BCUT2D eigenvalue weighted by Gasteiger charge is -2.28. The summed E-state index contributed by atoms with van der Waals surface area (Å²) in [4.78, 5) is 14.5. The van der Waals surface area contributed by atoms with Crippen molar-refractivity contribution >= 4 is 11.6 Å². The fourth-order valence-electron chi connectivity index (χ4n) is 3.04. The number of aromatic nitrogens is 2. The molecule has 0 aromatic carbocycles. The number of aryl methyl sites for hydroxylation is 1. The fraction of sp³-hybridized carbons (Fsp3) is 0.692. The zero-order chi connectivity index (χ0) is 12.8. The first-order chi connectivity index (χ1) is 8.57. The number of fused-ring (bicyclic) bond motifs is 1. The van der Waals surface area contributed by atoms with E-state index in [0.29, 0.717) is 0 Å². The second-order valence-corrected chi connectivity index (χ2v) is 5.99. The first-order valence-electron chi connectivity index (χ1n) is 6.65. The largest absolute Gasteiger partial charge is 0.311 e. The van der Waals surface area contributed by atoms with Gasteiger partial charge in [0.1, 0.15) is 0 Å². The summed E-state index contributed by atoms with van der Waals surface area (Å²) in [5, 5.41) is 10.5. The number of carbonyl (C=O) groups excluding carboxylic acids is 1. The predicted octanol–water partition coefficient (Wildman–Crippen LogP) is 1.08. The second-order valence-electron chi connectivity index (χ2n) is 5.99. The molecule has 1 aromatic rings. The van der Waals surface area contributed by atoms with Gasteiger partial charge >= 0.3 is 0 Å². The van der Waals surface area contributed by atoms with E-state index in [1.165, 1.54) is 0 Å². The van der Waals surface area contributed by atoms with E-state index >= 15 is 0 Å². The summed E-state index contributed by atoms with van der Waals surface area (Å²) in [6.07, 6.45) is 4.70. The van der Waals surface area contributed by atoms with Crippen LogP contribution in [0.5, 0.6) is 0 Å². The van der Waals surface area contributed by atoms with Crippen LogP contribution in [0.2, 0.25) is 0 Å². The molecule has 98 valence electrons. The van der Waals surface area contributed by atoms with Crippen molar-refractivity contribution in [2.75, 3.05) is 18.0 Å². The van der Waals surface area contributed by atoms with Crippen molar-refractivity contribution in [3.8, 4) is 0 Å². The molecule has 0 saturated carbocycles. The smallest absolute Gasteiger partial charge is 0.231 e. The van der Waals surface area contributed by atoms with Crippen molar-refractivity contribution < 1.29 is 4.79 Å². The number of H-pyrrole nitrogens is 1. The van der Waals surface area contributed by atoms with Crippen LogP contribution in [-0.4, -0.2) is 34.7 Å². The first-order valence-corrected chi connectivity index (χ1v) is 6.65. The molecule has 18 heavy (non-hydrogen) atoms. The summed E-state index contributed by atoms with van der Waals surface area (Å²) in [5.41, 5.74) is 2.16. The quantitative estimate of drug-likeness (QED) is 0.781. The first kappa shape index (κ1) is 11.7. The number of aromatic amines is 1. The van der Waals surface area contributed by atoms with Gasteiger partial charge in [-0.1, -0.05) is 0 Å². The summed E-state index contributed by atoms with van der Waals surface area (Å²) >= 11 is 0. The molecule has 1 unspecified atom stereocenters. The topological polar surface area (TPSA) is 61.0 Å². The Hall–Kier alpha value is -1.36. The van der Waals surface area contributed by atoms with E-state index in [4.69, 9.17) is 0 Å². The number of rotatable bonds is 1. The molecular weight excluding hydrogens is 228 g/mol. The number of amides is 1. The highest BCUT2D eigenvalue weighted by Gasteiger charge is 2.38. The molecule has 3 rings (SSSR count). The van der Waals surface area contributed by atoms with Crippen LogP contribution in [0.4, 0.5) is 5.69 Å². The maximum absolute atomic E-state index is 12.6. The summed E-state index contributed by atoms with van der Waals surface area (Å²) in [5.74, 6) is 0.344. The standard InChI is InChI=1S/C13H20N4O/c1-13(2)6-9(7-14-13)12(18)17-5-3-4-10-11(17)8-15-16-10/h8-9,14H,3-7H2,1-2H3,(H,15,16). The third kappa shape index (κ3) is 1.92. The molecule has 1 amide bonds. The molecule has 2 aliphatic rings. The number of anilines is 1. The summed E-state index contributed by atoms with van der Waals surface area (Å²) in [6, 6.07) is 0. The average molecular weight is 248 g/mol. The lowest BCUT2D eigenvalue weighted by atomic mass is 9.95. The van der Waals surface area contributed by atoms with Crippen LogP contribution in [0.15, 0.2) is 6.20 Å². The monoisotopic (exact) mass is 248 g/mol. The summed E-state index contributed by atoms with van der Waals surface area (Å²) < 4.78 is 0. The van der Waals surface area contributed by atoms with Crippen LogP contribution in [-0.2, 0) is 11.2 Å². The molecule has 1 aromatic heterocycles. The second kappa shape index (κ2) is 4.09. The van der Waals surface area contributed by atoms with Crippen molar-refractivity contribution in [3.63, 3.8) is 0 Å². The van der Waals surface area contributed by atoms with E-state index in [1.807, 2.05) is 4.90 Å². The predicted molar refractivity (Wildman–Crippen MR) is 69.5 cm³/mol. The van der Waals surface area contributed by atoms with Crippen molar-refractivity contribution in [2.24, 2.45) is 5.92 Å². The Labute approximate surface area is 107 Å². The highest BCUT2D eigenvalue weighted by atomic mass is 16.2. The maximum Gasteiger partial charge on any atom is 0.231 e. The molecule has 5 nitrogen and oxygen atoms in total. The summed E-state index contributed by atoms with van der Waals surface area (Å²) in [7, 11) is 0. The highest BCUT2D eigenvalue weighted by molar-refractivity contribution is 5.96. The molecule has 1 saturated heterocycles. The van der Waals surface area contributed by atoms with Gasteiger partial charge in [0, 0.05) is 18.6 Å². The molecule has 1 atom stereocenters. The van der Waals surface area contributed by atoms with Crippen LogP contribution < -0.4 is 10.2 Å². The molecule has 2 aliphatic heterocycles. The Bertz CT molecular complexity index is 465. The van der Waals surface area contributed by atoms with Crippen LogP contribution in [0.1, 0.15) is 32.4 Å². The fourth-order valence-corrected chi connectivity index (χ4v) is 3.04. The van der Waals surface area contributed by atoms with E-state index in [9.17, 15) is 4.79 Å². The number of carbonyl (C=O) groups is 1. The number of hydrogen-bond acceptors (Lipinski definition) is 3. The van der Waals surface area contributed by atoms with Gasteiger partial charge in [0.15, 0.2) is 0 Å². The maximum atomic E-state index is 12.6. The minimum Gasteiger partial charge on any atom is -0.311 e. The van der Waals surface area contributed by atoms with Gasteiger partial charge in [-0.05, 0) is 33.1 Å². The normalized spacial score (nSPS) is 26.1. The Morgan fingerprint density at radius 1 is 1.56 bits per heavy atom. The molecule has 0 bridgehead atoms. The van der Waals surface area contributed by atoms with Crippen LogP contribution in [0.3, 0.4) is 0 Å². The number of nitrogens with one attached hydrogen (secondary N) is 2. The lowest BCUT2D eigenvalue weighted by molar-refractivity contribution is -0.122. The highest BCUT2D eigenvalue weighted by Crippen LogP contribution is 2.30. The third-order valence-electron chi connectivity index (χ3n) is 3.99. The zero-order valence-corrected chi connectivity index (χ0v) is 11.0. The number of nitrogens with zero attached hydrogens (tertiary/aromatic N) is 2. The van der Waals surface area contributed by atoms with E-state index in [0.717, 1.165) is 43.7 Å². The van der Waals surface area contributed by atoms with Gasteiger partial charge in [-0.25, -0.2) is 0 Å². The Balaban J connectivity index is 1.79. The Kier molecular flexibility index (Phi) is 2.66. The van der Waals surface area contributed by atoms with Crippen LogP contribution >= 0.6 is 0 Å². The van der Waals surface area contributed by atoms with Gasteiger partial charge in [0.25, 0.3) is 0 Å². The number of hydrogen-bond donors (Lipinski definition) is 2. The van der Waals surface area contributed by atoms with Gasteiger partial charge < -0.3 is 10.2 Å². The van der Waals surface area contributed by atoms with Gasteiger partial charge in [-0.2, -0.15) is 5.10 Å². The van der Waals surface area contributed by atoms with Crippen molar-refractivity contribution in [1.29, 1.82) is 0 Å². The van der Waals surface area contributed by atoms with Gasteiger partial charge in [-0.15, -0.1) is 0 Å². The van der Waals surface area contributed by atoms with Crippen LogP contribution in [0.25, 0.3) is 0 Å². The van der Waals surface area contributed by atoms with Crippen LogP contribution in [0, 0.1) is 5.92 Å². The minimum absolute atomic E-state index is 0.0787. The molecule has 1 fully saturated rings. The SMILES string of the molecule is CC1(C)CC(C(=O)N2CCCc3[nH]ncc32)CN1. The van der Waals surface area contributed by atoms with Gasteiger partial charge in [0.05, 0.1) is 23.5 Å². The Morgan fingerprint density at radius 3 is 3.11 bits per heavy atom. The Morgan fingerprint density at radius 2 is 2.39 bits per heavy atom. The van der Waals surface area contributed by atoms with E-state index < -0.39 is 0 Å². The molecule has 0 spiro atoms. The van der Waals surface area contributed by atoms with Crippen molar-refractivity contribution in [2.45, 2.75) is 38.6 Å². The van der Waals surface area contributed by atoms with Gasteiger partial charge in [0.2, 0.25) is 5.91 Å². The minimum atomic E-state index is 0.0787.